The molecular weight excluding hydrogens is 126 g/mol. The maximum atomic E-state index is 11.1. The lowest BCUT2D eigenvalue weighted by atomic mass is 10.0. The Labute approximate surface area is 60.8 Å². The Hall–Kier alpha value is -0.840. The maximum absolute atomic E-state index is 11.1. The van der Waals surface area contributed by atoms with Gasteiger partial charge in [0, 0.05) is 18.3 Å². The van der Waals surface area contributed by atoms with Gasteiger partial charge < -0.3 is 0 Å². The van der Waals surface area contributed by atoms with Crippen LogP contribution in [-0.2, 0) is 4.79 Å². The van der Waals surface area contributed by atoms with Crippen molar-refractivity contribution in [3.05, 3.63) is 0 Å². The van der Waals surface area contributed by atoms with Crippen LogP contribution in [0.5, 0.6) is 0 Å². The van der Waals surface area contributed by atoms with E-state index >= 15 is 0 Å². The first-order valence-corrected chi connectivity index (χ1v) is 3.66. The quantitative estimate of drug-likeness (QED) is 0.591. The molecule has 0 spiro atoms. The number of rotatable bonds is 3. The molecule has 0 aliphatic heterocycles. The fraction of sp³-hybridized carbons (Fsp3) is 0.750. The molecule has 0 aromatic rings. The third-order valence-electron chi connectivity index (χ3n) is 1.86. The van der Waals surface area contributed by atoms with Gasteiger partial charge in [-0.3, -0.25) is 4.79 Å². The van der Waals surface area contributed by atoms with Crippen LogP contribution in [0.3, 0.4) is 0 Å². The Kier molecular flexibility index (Phi) is 2.06. The van der Waals surface area contributed by atoms with Crippen molar-refractivity contribution < 1.29 is 4.79 Å². The summed E-state index contributed by atoms with van der Waals surface area (Å²) >= 11 is 0. The molecule has 10 heavy (non-hydrogen) atoms. The fourth-order valence-corrected chi connectivity index (χ4v) is 1.01. The summed E-state index contributed by atoms with van der Waals surface area (Å²) in [6, 6.07) is 2.01. The molecule has 1 rings (SSSR count). The van der Waals surface area contributed by atoms with Crippen molar-refractivity contribution in [1.29, 1.82) is 5.26 Å². The second-order valence-electron chi connectivity index (χ2n) is 2.94. The van der Waals surface area contributed by atoms with Crippen LogP contribution in [0.25, 0.3) is 0 Å². The normalized spacial score (nSPS) is 19.6. The molecule has 0 bridgehead atoms. The first kappa shape index (κ1) is 7.27. The Morgan fingerprint density at radius 1 is 1.80 bits per heavy atom. The van der Waals surface area contributed by atoms with Crippen LogP contribution in [0.4, 0.5) is 0 Å². The lowest BCUT2D eigenvalue weighted by Gasteiger charge is -2.02. The van der Waals surface area contributed by atoms with E-state index in [1.807, 2.05) is 13.0 Å². The zero-order valence-electron chi connectivity index (χ0n) is 6.13. The SMILES string of the molecule is CC(CC#N)C(=O)C1CC1. The Bertz CT molecular complexity index is 176. The lowest BCUT2D eigenvalue weighted by Crippen LogP contribution is -2.11. The van der Waals surface area contributed by atoms with E-state index in [0.29, 0.717) is 18.1 Å². The van der Waals surface area contributed by atoms with Crippen molar-refractivity contribution in [2.75, 3.05) is 0 Å². The molecule has 1 atom stereocenters. The highest BCUT2D eigenvalue weighted by molar-refractivity contribution is 5.85. The Morgan fingerprint density at radius 3 is 2.80 bits per heavy atom. The van der Waals surface area contributed by atoms with Gasteiger partial charge in [-0.15, -0.1) is 0 Å². The molecule has 1 saturated carbocycles. The van der Waals surface area contributed by atoms with Crippen LogP contribution in [0.1, 0.15) is 26.2 Å². The number of carbonyl (C=O) groups excluding carboxylic acids is 1. The summed E-state index contributed by atoms with van der Waals surface area (Å²) < 4.78 is 0. The molecule has 2 nitrogen and oxygen atoms in total. The van der Waals surface area contributed by atoms with Gasteiger partial charge >= 0.3 is 0 Å². The fourth-order valence-electron chi connectivity index (χ4n) is 1.01. The molecule has 0 heterocycles. The third-order valence-corrected chi connectivity index (χ3v) is 1.86. The van der Waals surface area contributed by atoms with Gasteiger partial charge in [0.1, 0.15) is 5.78 Å². The van der Waals surface area contributed by atoms with E-state index in [1.54, 1.807) is 0 Å². The zero-order valence-corrected chi connectivity index (χ0v) is 6.13. The molecule has 2 heteroatoms. The number of hydrogen-bond acceptors (Lipinski definition) is 2. The predicted octanol–water partition coefficient (Wildman–Crippen LogP) is 1.52. The monoisotopic (exact) mass is 137 g/mol. The largest absolute Gasteiger partial charge is 0.299 e. The molecule has 1 unspecified atom stereocenters. The van der Waals surface area contributed by atoms with E-state index in [0.717, 1.165) is 12.8 Å². The molecule has 0 saturated heterocycles. The standard InChI is InChI=1S/C8H11NO/c1-6(4-5-9)8(10)7-2-3-7/h6-7H,2-4H2,1H3. The third kappa shape index (κ3) is 1.57. The predicted molar refractivity (Wildman–Crippen MR) is 37.1 cm³/mol. The minimum Gasteiger partial charge on any atom is -0.299 e. The summed E-state index contributed by atoms with van der Waals surface area (Å²) in [6.07, 6.45) is 2.48. The Balaban J connectivity index is 2.33. The minimum atomic E-state index is -0.0301. The van der Waals surface area contributed by atoms with Gasteiger partial charge in [-0.05, 0) is 12.8 Å². The molecule has 0 amide bonds. The molecular formula is C8H11NO. The molecule has 1 aliphatic rings. The molecule has 54 valence electrons. The van der Waals surface area contributed by atoms with Crippen LogP contribution < -0.4 is 0 Å². The topological polar surface area (TPSA) is 40.9 Å². The van der Waals surface area contributed by atoms with Gasteiger partial charge in [0.2, 0.25) is 0 Å². The van der Waals surface area contributed by atoms with Gasteiger partial charge in [-0.2, -0.15) is 5.26 Å². The second-order valence-corrected chi connectivity index (χ2v) is 2.94. The second kappa shape index (κ2) is 2.83. The number of hydrogen-bond donors (Lipinski definition) is 0. The molecule has 0 N–H and O–H groups in total. The van der Waals surface area contributed by atoms with E-state index in [2.05, 4.69) is 0 Å². The van der Waals surface area contributed by atoms with E-state index in [9.17, 15) is 4.79 Å². The first-order valence-electron chi connectivity index (χ1n) is 3.66. The van der Waals surface area contributed by atoms with Crippen molar-refractivity contribution in [3.8, 4) is 6.07 Å². The van der Waals surface area contributed by atoms with E-state index in [-0.39, 0.29) is 5.92 Å². The van der Waals surface area contributed by atoms with Crippen LogP contribution in [0.2, 0.25) is 0 Å². The molecule has 0 aromatic carbocycles. The van der Waals surface area contributed by atoms with Crippen molar-refractivity contribution >= 4 is 5.78 Å². The average molecular weight is 137 g/mol. The highest BCUT2D eigenvalue weighted by atomic mass is 16.1. The van der Waals surface area contributed by atoms with Crippen molar-refractivity contribution in [3.63, 3.8) is 0 Å². The Morgan fingerprint density at radius 2 is 2.40 bits per heavy atom. The summed E-state index contributed by atoms with van der Waals surface area (Å²) in [6.45, 7) is 1.84. The minimum absolute atomic E-state index is 0.0301. The van der Waals surface area contributed by atoms with Gasteiger partial charge in [0.05, 0.1) is 6.07 Å². The summed E-state index contributed by atoms with van der Waals surface area (Å²) in [5, 5.41) is 8.29. The van der Waals surface area contributed by atoms with Gasteiger partial charge in [0.25, 0.3) is 0 Å². The van der Waals surface area contributed by atoms with Gasteiger partial charge in [0.15, 0.2) is 0 Å². The molecule has 0 radical (unpaired) electrons. The number of nitriles is 1. The average Bonchev–Trinajstić information content (AvgIpc) is 2.68. The van der Waals surface area contributed by atoms with Crippen LogP contribution in [0, 0.1) is 23.2 Å². The zero-order chi connectivity index (χ0) is 7.56. The first-order chi connectivity index (χ1) is 4.75. The summed E-state index contributed by atoms with van der Waals surface area (Å²) in [7, 11) is 0. The number of Topliss-reactive ketones (excluding diaryl/α,β-unsaturated/α-hetero) is 1. The lowest BCUT2D eigenvalue weighted by molar-refractivity contribution is -0.123. The van der Waals surface area contributed by atoms with Gasteiger partial charge in [-0.25, -0.2) is 0 Å². The van der Waals surface area contributed by atoms with Crippen LogP contribution in [-0.4, -0.2) is 5.78 Å². The van der Waals surface area contributed by atoms with Crippen molar-refractivity contribution in [1.82, 2.24) is 0 Å². The van der Waals surface area contributed by atoms with Crippen LogP contribution >= 0.6 is 0 Å². The smallest absolute Gasteiger partial charge is 0.139 e. The van der Waals surface area contributed by atoms with Gasteiger partial charge in [-0.1, -0.05) is 6.92 Å². The highest BCUT2D eigenvalue weighted by Gasteiger charge is 2.32. The number of ketones is 1. The maximum Gasteiger partial charge on any atom is 0.139 e. The highest BCUT2D eigenvalue weighted by Crippen LogP contribution is 2.32. The van der Waals surface area contributed by atoms with Crippen molar-refractivity contribution in [2.45, 2.75) is 26.2 Å². The summed E-state index contributed by atoms with van der Waals surface area (Å²) in [5.74, 6) is 0.572. The van der Waals surface area contributed by atoms with E-state index < -0.39 is 0 Å². The summed E-state index contributed by atoms with van der Waals surface area (Å²) in [5.41, 5.74) is 0. The molecule has 0 aromatic heterocycles. The number of nitrogens with zero attached hydrogens (tertiary/aromatic N) is 1. The number of carbonyl (C=O) groups is 1. The summed E-state index contributed by atoms with van der Waals surface area (Å²) in [4.78, 5) is 11.1. The van der Waals surface area contributed by atoms with Crippen LogP contribution in [0.15, 0.2) is 0 Å². The van der Waals surface area contributed by atoms with E-state index in [4.69, 9.17) is 5.26 Å². The molecule has 1 fully saturated rings. The van der Waals surface area contributed by atoms with E-state index in [1.165, 1.54) is 0 Å². The van der Waals surface area contributed by atoms with Crippen molar-refractivity contribution in [2.24, 2.45) is 11.8 Å². The molecule has 1 aliphatic carbocycles.